The Hall–Kier alpha value is -0.630. The first kappa shape index (κ1) is 16.2. The largest absolute Gasteiger partial charge is 0.393 e. The number of nitrogens with one attached hydrogen (secondary N) is 1. The minimum Gasteiger partial charge on any atom is -0.393 e. The Bertz CT molecular complexity index is 384. The van der Waals surface area contributed by atoms with E-state index in [0.717, 1.165) is 19.5 Å². The van der Waals surface area contributed by atoms with Crippen LogP contribution in [0.15, 0.2) is 0 Å². The van der Waals surface area contributed by atoms with Crippen LogP contribution >= 0.6 is 0 Å². The molecule has 3 fully saturated rings. The molecule has 3 unspecified atom stereocenters. The Morgan fingerprint density at radius 3 is 2.55 bits per heavy atom. The molecule has 0 amide bonds. The molecule has 2 N–H and O–H groups in total. The van der Waals surface area contributed by atoms with Gasteiger partial charge in [0.15, 0.2) is 0 Å². The molecular formula is C18H31N3O. The van der Waals surface area contributed by atoms with Crippen molar-refractivity contribution in [3.8, 4) is 6.07 Å². The minimum absolute atomic E-state index is 0.109. The number of nitrogens with zero attached hydrogens (tertiary/aromatic N) is 2. The Kier molecular flexibility index (Phi) is 5.73. The van der Waals surface area contributed by atoms with Gasteiger partial charge in [-0.3, -0.25) is 4.90 Å². The number of aliphatic hydroxyl groups is 1. The van der Waals surface area contributed by atoms with Gasteiger partial charge in [-0.1, -0.05) is 19.3 Å². The van der Waals surface area contributed by atoms with Crippen molar-refractivity contribution in [2.45, 2.75) is 76.0 Å². The number of aliphatic hydroxyl groups excluding tert-OH is 1. The van der Waals surface area contributed by atoms with Crippen LogP contribution in [-0.2, 0) is 0 Å². The highest BCUT2D eigenvalue weighted by molar-refractivity contribution is 4.92. The van der Waals surface area contributed by atoms with Crippen molar-refractivity contribution < 1.29 is 5.11 Å². The lowest BCUT2D eigenvalue weighted by atomic mass is 9.87. The summed E-state index contributed by atoms with van der Waals surface area (Å²) < 4.78 is 0. The second-order valence-corrected chi connectivity index (χ2v) is 7.79. The number of hydrogen-bond acceptors (Lipinski definition) is 4. The summed E-state index contributed by atoms with van der Waals surface area (Å²) in [6, 6.07) is 3.48. The van der Waals surface area contributed by atoms with Gasteiger partial charge in [-0.15, -0.1) is 0 Å². The summed E-state index contributed by atoms with van der Waals surface area (Å²) in [7, 11) is 0. The van der Waals surface area contributed by atoms with E-state index in [1.807, 2.05) is 0 Å². The van der Waals surface area contributed by atoms with Gasteiger partial charge < -0.3 is 10.4 Å². The first-order valence-corrected chi connectivity index (χ1v) is 9.28. The summed E-state index contributed by atoms with van der Waals surface area (Å²) in [4.78, 5) is 2.29. The molecular weight excluding hydrogens is 274 g/mol. The summed E-state index contributed by atoms with van der Waals surface area (Å²) in [6.45, 7) is 2.51. The van der Waals surface area contributed by atoms with Gasteiger partial charge in [-0.25, -0.2) is 0 Å². The molecule has 2 saturated carbocycles. The zero-order chi connectivity index (χ0) is 15.4. The highest BCUT2D eigenvalue weighted by Gasteiger charge is 2.35. The number of hydrogen-bond donors (Lipinski definition) is 2. The Labute approximate surface area is 134 Å². The first-order chi connectivity index (χ1) is 10.7. The van der Waals surface area contributed by atoms with Crippen molar-refractivity contribution in [3.63, 3.8) is 0 Å². The number of nitriles is 1. The van der Waals surface area contributed by atoms with Crippen LogP contribution in [0.3, 0.4) is 0 Å². The van der Waals surface area contributed by atoms with Crippen LogP contribution < -0.4 is 5.32 Å². The third-order valence-electron chi connectivity index (χ3n) is 5.72. The lowest BCUT2D eigenvalue weighted by Crippen LogP contribution is -2.52. The predicted octanol–water partition coefficient (Wildman–Crippen LogP) is 2.28. The molecule has 0 aromatic rings. The SMILES string of the molecule is N#CCN1CC(CC(O)C2CC2)CC(NC2CCCCC2)C1. The van der Waals surface area contributed by atoms with Crippen molar-refractivity contribution in [1.29, 1.82) is 5.26 Å². The van der Waals surface area contributed by atoms with Gasteiger partial charge in [0.05, 0.1) is 18.7 Å². The number of likely N-dealkylation sites (tertiary alicyclic amines) is 1. The van der Waals surface area contributed by atoms with Crippen LogP contribution in [0.5, 0.6) is 0 Å². The highest BCUT2D eigenvalue weighted by atomic mass is 16.3. The van der Waals surface area contributed by atoms with E-state index in [-0.39, 0.29) is 6.10 Å². The second kappa shape index (κ2) is 7.77. The molecule has 0 radical (unpaired) electrons. The monoisotopic (exact) mass is 305 g/mol. The summed E-state index contributed by atoms with van der Waals surface area (Å²) in [5.41, 5.74) is 0. The van der Waals surface area contributed by atoms with E-state index < -0.39 is 0 Å². The van der Waals surface area contributed by atoms with Gasteiger partial charge in [0.25, 0.3) is 0 Å². The minimum atomic E-state index is -0.109. The molecule has 0 aromatic carbocycles. The van der Waals surface area contributed by atoms with Gasteiger partial charge in [0.1, 0.15) is 0 Å². The summed E-state index contributed by atoms with van der Waals surface area (Å²) in [6.07, 6.45) is 11.1. The zero-order valence-corrected chi connectivity index (χ0v) is 13.7. The molecule has 3 aliphatic rings. The summed E-state index contributed by atoms with van der Waals surface area (Å²) >= 11 is 0. The number of piperidine rings is 1. The molecule has 4 heteroatoms. The molecule has 124 valence electrons. The second-order valence-electron chi connectivity index (χ2n) is 7.79. The summed E-state index contributed by atoms with van der Waals surface area (Å²) in [5, 5.41) is 23.2. The predicted molar refractivity (Wildman–Crippen MR) is 87.3 cm³/mol. The van der Waals surface area contributed by atoms with Crippen molar-refractivity contribution >= 4 is 0 Å². The summed E-state index contributed by atoms with van der Waals surface area (Å²) in [5.74, 6) is 1.11. The highest BCUT2D eigenvalue weighted by Crippen LogP contribution is 2.36. The zero-order valence-electron chi connectivity index (χ0n) is 13.7. The van der Waals surface area contributed by atoms with Gasteiger partial charge in [0, 0.05) is 25.2 Å². The van der Waals surface area contributed by atoms with E-state index in [0.29, 0.717) is 30.5 Å². The Morgan fingerprint density at radius 1 is 1.09 bits per heavy atom. The standard InChI is InChI=1S/C18H31N3O/c19-8-9-21-12-14(11-18(22)15-6-7-15)10-17(13-21)20-16-4-2-1-3-5-16/h14-18,20,22H,1-7,9-13H2. The van der Waals surface area contributed by atoms with Crippen LogP contribution in [0.2, 0.25) is 0 Å². The van der Waals surface area contributed by atoms with Crippen LogP contribution in [0, 0.1) is 23.2 Å². The fraction of sp³-hybridized carbons (Fsp3) is 0.944. The third kappa shape index (κ3) is 4.68. The Morgan fingerprint density at radius 2 is 1.86 bits per heavy atom. The van der Waals surface area contributed by atoms with Crippen LogP contribution in [0.25, 0.3) is 0 Å². The molecule has 0 aromatic heterocycles. The topological polar surface area (TPSA) is 59.3 Å². The fourth-order valence-electron chi connectivity index (χ4n) is 4.44. The van der Waals surface area contributed by atoms with Crippen molar-refractivity contribution in [3.05, 3.63) is 0 Å². The maximum Gasteiger partial charge on any atom is 0.0866 e. The maximum atomic E-state index is 10.3. The molecule has 0 spiro atoms. The lowest BCUT2D eigenvalue weighted by Gasteiger charge is -2.40. The Balaban J connectivity index is 1.52. The van der Waals surface area contributed by atoms with Gasteiger partial charge in [0.2, 0.25) is 0 Å². The van der Waals surface area contributed by atoms with Crippen LogP contribution in [0.1, 0.15) is 57.8 Å². The van der Waals surface area contributed by atoms with Crippen LogP contribution in [0.4, 0.5) is 0 Å². The van der Waals surface area contributed by atoms with E-state index in [1.54, 1.807) is 0 Å². The normalized spacial score (nSPS) is 32.5. The third-order valence-corrected chi connectivity index (χ3v) is 5.72. The van der Waals surface area contributed by atoms with Gasteiger partial charge in [-0.05, 0) is 50.4 Å². The lowest BCUT2D eigenvalue weighted by molar-refractivity contribution is 0.0763. The van der Waals surface area contributed by atoms with Crippen molar-refractivity contribution in [2.75, 3.05) is 19.6 Å². The van der Waals surface area contributed by atoms with Crippen molar-refractivity contribution in [1.82, 2.24) is 10.2 Å². The molecule has 3 atom stereocenters. The van der Waals surface area contributed by atoms with E-state index in [1.165, 1.54) is 51.4 Å². The number of rotatable bonds is 6. The van der Waals surface area contributed by atoms with Crippen LogP contribution in [-0.4, -0.2) is 47.8 Å². The molecule has 1 heterocycles. The van der Waals surface area contributed by atoms with Gasteiger partial charge >= 0.3 is 0 Å². The smallest absolute Gasteiger partial charge is 0.0866 e. The van der Waals surface area contributed by atoms with Crippen molar-refractivity contribution in [2.24, 2.45) is 11.8 Å². The molecule has 2 aliphatic carbocycles. The molecule has 0 bridgehead atoms. The van der Waals surface area contributed by atoms with E-state index in [2.05, 4.69) is 16.3 Å². The quantitative estimate of drug-likeness (QED) is 0.739. The molecule has 22 heavy (non-hydrogen) atoms. The first-order valence-electron chi connectivity index (χ1n) is 9.28. The fourth-order valence-corrected chi connectivity index (χ4v) is 4.44. The van der Waals surface area contributed by atoms with E-state index >= 15 is 0 Å². The molecule has 1 aliphatic heterocycles. The average molecular weight is 305 g/mol. The molecule has 1 saturated heterocycles. The van der Waals surface area contributed by atoms with E-state index in [4.69, 9.17) is 5.26 Å². The van der Waals surface area contributed by atoms with E-state index in [9.17, 15) is 5.11 Å². The molecule has 4 nitrogen and oxygen atoms in total. The van der Waals surface area contributed by atoms with Gasteiger partial charge in [-0.2, -0.15) is 5.26 Å². The maximum absolute atomic E-state index is 10.3. The average Bonchev–Trinajstić information content (AvgIpc) is 3.33. The molecule has 3 rings (SSSR count).